The van der Waals surface area contributed by atoms with E-state index in [4.69, 9.17) is 11.6 Å². The van der Waals surface area contributed by atoms with Crippen molar-refractivity contribution in [2.24, 2.45) is 0 Å². The zero-order valence-corrected chi connectivity index (χ0v) is 15.0. The fourth-order valence-electron chi connectivity index (χ4n) is 2.95. The Kier molecular flexibility index (Phi) is 4.48. The van der Waals surface area contributed by atoms with Gasteiger partial charge in [-0.25, -0.2) is 9.69 Å². The van der Waals surface area contributed by atoms with Crippen LogP contribution in [0.2, 0.25) is 5.02 Å². The second-order valence-electron chi connectivity index (χ2n) is 6.10. The minimum absolute atomic E-state index is 0.229. The summed E-state index contributed by atoms with van der Waals surface area (Å²) >= 11 is 5.97. The van der Waals surface area contributed by atoms with Crippen molar-refractivity contribution in [2.45, 2.75) is 0 Å². The lowest BCUT2D eigenvalue weighted by molar-refractivity contribution is -0.113. The number of nitrogens with zero attached hydrogens (tertiary/aromatic N) is 1. The van der Waals surface area contributed by atoms with E-state index in [-0.39, 0.29) is 5.70 Å². The molecule has 0 radical (unpaired) electrons. The SMILES string of the molecule is O=C1N/C(=C/c2ccc(-c3ccccc3)cc2)C(=O)N1c1cccc(Cl)c1. The van der Waals surface area contributed by atoms with Crippen LogP contribution in [0.25, 0.3) is 17.2 Å². The molecule has 0 bridgehead atoms. The first-order chi connectivity index (χ1) is 13.1. The first-order valence-electron chi connectivity index (χ1n) is 8.40. The second-order valence-corrected chi connectivity index (χ2v) is 6.53. The highest BCUT2D eigenvalue weighted by atomic mass is 35.5. The number of urea groups is 1. The molecule has 0 spiro atoms. The molecule has 3 aromatic carbocycles. The summed E-state index contributed by atoms with van der Waals surface area (Å²) in [5, 5.41) is 3.08. The van der Waals surface area contributed by atoms with E-state index in [1.807, 2.05) is 54.6 Å². The van der Waals surface area contributed by atoms with Crippen LogP contribution in [0, 0.1) is 0 Å². The van der Waals surface area contributed by atoms with Crippen molar-refractivity contribution in [3.8, 4) is 11.1 Å². The molecule has 1 aliphatic rings. The van der Waals surface area contributed by atoms with Gasteiger partial charge < -0.3 is 5.32 Å². The standard InChI is InChI=1S/C22H15ClN2O2/c23-18-7-4-8-19(14-18)25-21(26)20(24-22(25)27)13-15-9-11-17(12-10-15)16-5-2-1-3-6-16/h1-14H,(H,24,27)/b20-13+. The lowest BCUT2D eigenvalue weighted by atomic mass is 10.0. The molecule has 132 valence electrons. The van der Waals surface area contributed by atoms with Gasteiger partial charge in [0.15, 0.2) is 0 Å². The van der Waals surface area contributed by atoms with Gasteiger partial charge in [0.05, 0.1) is 5.69 Å². The minimum atomic E-state index is -0.491. The smallest absolute Gasteiger partial charge is 0.302 e. The maximum Gasteiger partial charge on any atom is 0.333 e. The van der Waals surface area contributed by atoms with Crippen LogP contribution < -0.4 is 10.2 Å². The normalized spacial score (nSPS) is 15.3. The Labute approximate surface area is 161 Å². The van der Waals surface area contributed by atoms with Crippen LogP contribution in [-0.4, -0.2) is 11.9 Å². The number of hydrogen-bond donors (Lipinski definition) is 1. The fourth-order valence-corrected chi connectivity index (χ4v) is 3.14. The number of nitrogens with one attached hydrogen (secondary N) is 1. The van der Waals surface area contributed by atoms with Crippen molar-refractivity contribution < 1.29 is 9.59 Å². The molecule has 4 rings (SSSR count). The van der Waals surface area contributed by atoms with Gasteiger partial charge in [-0.15, -0.1) is 0 Å². The zero-order valence-electron chi connectivity index (χ0n) is 14.2. The first kappa shape index (κ1) is 17.1. The second kappa shape index (κ2) is 7.09. The van der Waals surface area contributed by atoms with Crippen LogP contribution in [-0.2, 0) is 4.79 Å². The number of halogens is 1. The fraction of sp³-hybridized carbons (Fsp3) is 0. The van der Waals surface area contributed by atoms with Gasteiger partial charge in [-0.1, -0.05) is 72.3 Å². The van der Waals surface area contributed by atoms with Gasteiger partial charge in [-0.2, -0.15) is 0 Å². The van der Waals surface area contributed by atoms with E-state index in [9.17, 15) is 9.59 Å². The topological polar surface area (TPSA) is 49.4 Å². The Bertz CT molecular complexity index is 1040. The van der Waals surface area contributed by atoms with Gasteiger partial charge in [-0.3, -0.25) is 4.79 Å². The summed E-state index contributed by atoms with van der Waals surface area (Å²) in [6.45, 7) is 0. The highest BCUT2D eigenvalue weighted by molar-refractivity contribution is 6.32. The van der Waals surface area contributed by atoms with E-state index < -0.39 is 11.9 Å². The number of anilines is 1. The molecular formula is C22H15ClN2O2. The zero-order chi connectivity index (χ0) is 18.8. The van der Waals surface area contributed by atoms with Gasteiger partial charge in [0.2, 0.25) is 0 Å². The van der Waals surface area contributed by atoms with E-state index >= 15 is 0 Å². The van der Waals surface area contributed by atoms with Crippen molar-refractivity contribution in [3.05, 3.63) is 95.1 Å². The third kappa shape index (κ3) is 3.48. The summed E-state index contributed by atoms with van der Waals surface area (Å²) < 4.78 is 0. The Morgan fingerprint density at radius 1 is 0.815 bits per heavy atom. The number of rotatable bonds is 3. The van der Waals surface area contributed by atoms with E-state index in [0.29, 0.717) is 10.7 Å². The number of hydrogen-bond acceptors (Lipinski definition) is 2. The van der Waals surface area contributed by atoms with Gasteiger partial charge in [-0.05, 0) is 41.0 Å². The third-order valence-corrected chi connectivity index (χ3v) is 4.51. The van der Waals surface area contributed by atoms with Crippen molar-refractivity contribution in [2.75, 3.05) is 4.90 Å². The van der Waals surface area contributed by atoms with E-state index in [2.05, 4.69) is 5.32 Å². The van der Waals surface area contributed by atoms with Crippen LogP contribution >= 0.6 is 11.6 Å². The molecule has 0 atom stereocenters. The first-order valence-corrected chi connectivity index (χ1v) is 8.78. The summed E-state index contributed by atoms with van der Waals surface area (Å²) in [4.78, 5) is 26.0. The molecule has 5 heteroatoms. The van der Waals surface area contributed by atoms with Crippen LogP contribution in [0.1, 0.15) is 5.56 Å². The number of imide groups is 1. The quantitative estimate of drug-likeness (QED) is 0.512. The number of carbonyl (C=O) groups is 2. The Hall–Kier alpha value is -3.37. The molecule has 0 unspecified atom stereocenters. The average Bonchev–Trinajstić information content (AvgIpc) is 2.96. The predicted molar refractivity (Wildman–Crippen MR) is 107 cm³/mol. The van der Waals surface area contributed by atoms with Gasteiger partial charge in [0.25, 0.3) is 5.91 Å². The van der Waals surface area contributed by atoms with Crippen LogP contribution in [0.4, 0.5) is 10.5 Å². The van der Waals surface area contributed by atoms with Crippen molar-refractivity contribution >= 4 is 35.3 Å². The molecule has 0 aliphatic carbocycles. The summed E-state index contributed by atoms with van der Waals surface area (Å²) in [5.74, 6) is -0.408. The maximum atomic E-state index is 12.7. The van der Waals surface area contributed by atoms with Crippen molar-refractivity contribution in [1.29, 1.82) is 0 Å². The van der Waals surface area contributed by atoms with Crippen LogP contribution in [0.15, 0.2) is 84.6 Å². The summed E-state index contributed by atoms with van der Waals surface area (Å²) in [6, 6.07) is 24.0. The molecule has 1 aliphatic heterocycles. The lowest BCUT2D eigenvalue weighted by Gasteiger charge is -2.11. The molecule has 1 saturated heterocycles. The molecule has 0 saturated carbocycles. The van der Waals surface area contributed by atoms with Gasteiger partial charge in [0, 0.05) is 5.02 Å². The van der Waals surface area contributed by atoms with E-state index in [1.165, 1.54) is 0 Å². The minimum Gasteiger partial charge on any atom is -0.302 e. The monoisotopic (exact) mass is 374 g/mol. The molecule has 27 heavy (non-hydrogen) atoms. The largest absolute Gasteiger partial charge is 0.333 e. The predicted octanol–water partition coefficient (Wildman–Crippen LogP) is 5.10. The molecule has 1 N–H and O–H groups in total. The van der Waals surface area contributed by atoms with Crippen LogP contribution in [0.5, 0.6) is 0 Å². The molecular weight excluding hydrogens is 360 g/mol. The number of amides is 3. The van der Waals surface area contributed by atoms with Gasteiger partial charge in [0.1, 0.15) is 5.70 Å². The molecule has 1 heterocycles. The van der Waals surface area contributed by atoms with Gasteiger partial charge >= 0.3 is 6.03 Å². The lowest BCUT2D eigenvalue weighted by Crippen LogP contribution is -2.30. The maximum absolute atomic E-state index is 12.7. The highest BCUT2D eigenvalue weighted by Gasteiger charge is 2.34. The van der Waals surface area contributed by atoms with Crippen LogP contribution in [0.3, 0.4) is 0 Å². The highest BCUT2D eigenvalue weighted by Crippen LogP contribution is 2.25. The summed E-state index contributed by atoms with van der Waals surface area (Å²) in [6.07, 6.45) is 1.67. The number of carbonyl (C=O) groups excluding carboxylic acids is 2. The Morgan fingerprint density at radius 2 is 1.52 bits per heavy atom. The molecule has 4 nitrogen and oxygen atoms in total. The van der Waals surface area contributed by atoms with E-state index in [1.54, 1.807) is 30.3 Å². The molecule has 1 fully saturated rings. The third-order valence-electron chi connectivity index (χ3n) is 4.27. The molecule has 0 aromatic heterocycles. The summed E-state index contributed by atoms with van der Waals surface area (Å²) in [5.41, 5.74) is 3.70. The summed E-state index contributed by atoms with van der Waals surface area (Å²) in [7, 11) is 0. The molecule has 3 amide bonds. The van der Waals surface area contributed by atoms with Crippen molar-refractivity contribution in [3.63, 3.8) is 0 Å². The van der Waals surface area contributed by atoms with Crippen molar-refractivity contribution in [1.82, 2.24) is 5.32 Å². The van der Waals surface area contributed by atoms with E-state index in [0.717, 1.165) is 21.6 Å². The molecule has 3 aromatic rings. The Morgan fingerprint density at radius 3 is 2.22 bits per heavy atom. The average molecular weight is 375 g/mol. The Balaban J connectivity index is 1.59. The number of benzene rings is 3.